The zero-order valence-corrected chi connectivity index (χ0v) is 21.2. The number of aryl methyl sites for hydroxylation is 1. The van der Waals surface area contributed by atoms with Crippen molar-refractivity contribution in [3.8, 4) is 17.3 Å². The second-order valence-corrected chi connectivity index (χ2v) is 10.1. The van der Waals surface area contributed by atoms with E-state index in [-0.39, 0.29) is 17.3 Å². The van der Waals surface area contributed by atoms with Crippen LogP contribution in [0.15, 0.2) is 82.7 Å². The second-order valence-electron chi connectivity index (χ2n) is 8.03. The highest BCUT2D eigenvalue weighted by Gasteiger charge is 2.19. The molecule has 3 aromatic heterocycles. The van der Waals surface area contributed by atoms with Gasteiger partial charge in [-0.05, 0) is 42.3 Å². The summed E-state index contributed by atoms with van der Waals surface area (Å²) < 4.78 is 7.41. The van der Waals surface area contributed by atoms with Crippen molar-refractivity contribution in [3.05, 3.63) is 99.2 Å². The zero-order chi connectivity index (χ0) is 25.8. The Kier molecular flexibility index (Phi) is 7.10. The molecule has 12 heteroatoms. The summed E-state index contributed by atoms with van der Waals surface area (Å²) in [4.78, 5) is 28.4. The molecular formula is C25H20N6O4S2. The van der Waals surface area contributed by atoms with Gasteiger partial charge in [-0.2, -0.15) is 0 Å². The van der Waals surface area contributed by atoms with Crippen molar-refractivity contribution in [2.75, 3.05) is 11.1 Å². The Balaban J connectivity index is 1.26. The Bertz CT molecular complexity index is 1560. The van der Waals surface area contributed by atoms with Gasteiger partial charge in [0, 0.05) is 29.6 Å². The molecule has 0 aliphatic carbocycles. The molecule has 0 spiro atoms. The van der Waals surface area contributed by atoms with E-state index in [0.717, 1.165) is 21.7 Å². The van der Waals surface area contributed by atoms with Gasteiger partial charge in [0.15, 0.2) is 16.0 Å². The van der Waals surface area contributed by atoms with Crippen molar-refractivity contribution in [2.45, 2.75) is 18.5 Å². The van der Waals surface area contributed by atoms with Gasteiger partial charge in [-0.1, -0.05) is 36.0 Å². The molecule has 0 unspecified atom stereocenters. The number of carbonyl (C=O) groups excluding carboxylic acids is 1. The fourth-order valence-corrected chi connectivity index (χ4v) is 5.26. The number of hydrogen-bond acceptors (Lipinski definition) is 9. The predicted octanol–water partition coefficient (Wildman–Crippen LogP) is 5.52. The second kappa shape index (κ2) is 10.8. The van der Waals surface area contributed by atoms with Gasteiger partial charge in [-0.15, -0.1) is 21.5 Å². The molecule has 0 atom stereocenters. The zero-order valence-electron chi connectivity index (χ0n) is 19.5. The van der Waals surface area contributed by atoms with E-state index in [1.165, 1.54) is 35.2 Å². The molecule has 0 bridgehead atoms. The number of benzene rings is 2. The van der Waals surface area contributed by atoms with Gasteiger partial charge in [-0.3, -0.25) is 19.5 Å². The molecular weight excluding hydrogens is 512 g/mol. The van der Waals surface area contributed by atoms with Gasteiger partial charge in [-0.25, -0.2) is 4.98 Å². The number of anilines is 1. The summed E-state index contributed by atoms with van der Waals surface area (Å²) in [5.41, 5.74) is 2.79. The van der Waals surface area contributed by atoms with E-state index in [9.17, 15) is 14.9 Å². The van der Waals surface area contributed by atoms with Crippen LogP contribution in [0.2, 0.25) is 0 Å². The van der Waals surface area contributed by atoms with Gasteiger partial charge in [0.2, 0.25) is 11.7 Å². The molecule has 0 saturated heterocycles. The first-order valence-corrected chi connectivity index (χ1v) is 12.9. The molecule has 0 aliphatic heterocycles. The van der Waals surface area contributed by atoms with Crippen LogP contribution in [0.5, 0.6) is 0 Å². The molecule has 37 heavy (non-hydrogen) atoms. The molecule has 186 valence electrons. The quantitative estimate of drug-likeness (QED) is 0.149. The van der Waals surface area contributed by atoms with Crippen LogP contribution in [0.3, 0.4) is 0 Å². The number of nitro benzene ring substituents is 1. The summed E-state index contributed by atoms with van der Waals surface area (Å²) in [7, 11) is 0. The van der Waals surface area contributed by atoms with E-state index in [1.807, 2.05) is 47.9 Å². The lowest BCUT2D eigenvalue weighted by Gasteiger charge is -2.10. The number of furan rings is 1. The van der Waals surface area contributed by atoms with Gasteiger partial charge < -0.3 is 9.73 Å². The van der Waals surface area contributed by atoms with Gasteiger partial charge >= 0.3 is 0 Å². The minimum Gasteiger partial charge on any atom is -0.461 e. The number of nitrogens with zero attached hydrogens (tertiary/aromatic N) is 5. The number of rotatable bonds is 9. The highest BCUT2D eigenvalue weighted by molar-refractivity contribution is 7.99. The summed E-state index contributed by atoms with van der Waals surface area (Å²) in [5.74, 6) is 0.982. The Labute approximate surface area is 219 Å². The van der Waals surface area contributed by atoms with Crippen molar-refractivity contribution >= 4 is 39.8 Å². The monoisotopic (exact) mass is 532 g/mol. The van der Waals surface area contributed by atoms with E-state index in [2.05, 4.69) is 20.5 Å². The first-order valence-electron chi connectivity index (χ1n) is 11.1. The van der Waals surface area contributed by atoms with Crippen molar-refractivity contribution in [1.29, 1.82) is 0 Å². The molecule has 3 heterocycles. The predicted molar refractivity (Wildman–Crippen MR) is 141 cm³/mol. The molecule has 0 aliphatic rings. The number of amides is 1. The van der Waals surface area contributed by atoms with Crippen LogP contribution >= 0.6 is 23.1 Å². The van der Waals surface area contributed by atoms with Crippen LogP contribution in [0, 0.1) is 17.0 Å². The first-order chi connectivity index (χ1) is 18.0. The lowest BCUT2D eigenvalue weighted by Crippen LogP contribution is -2.14. The Morgan fingerprint density at radius 1 is 1.16 bits per heavy atom. The number of thiazole rings is 1. The van der Waals surface area contributed by atoms with Crippen LogP contribution in [0.4, 0.5) is 10.8 Å². The third-order valence-electron chi connectivity index (χ3n) is 5.27. The molecule has 1 N–H and O–H groups in total. The minimum absolute atomic E-state index is 0.0429. The van der Waals surface area contributed by atoms with Gasteiger partial charge in [0.1, 0.15) is 0 Å². The minimum atomic E-state index is -0.420. The molecule has 0 saturated carbocycles. The Hall–Kier alpha value is -4.29. The maximum atomic E-state index is 12.7. The summed E-state index contributed by atoms with van der Waals surface area (Å²) >= 11 is 2.58. The van der Waals surface area contributed by atoms with Crippen LogP contribution in [0.25, 0.3) is 17.3 Å². The van der Waals surface area contributed by atoms with E-state index in [4.69, 9.17) is 4.42 Å². The molecule has 10 nitrogen and oxygen atoms in total. The van der Waals surface area contributed by atoms with E-state index in [0.29, 0.717) is 28.3 Å². The number of nitrogens with one attached hydrogen (secondary N) is 1. The van der Waals surface area contributed by atoms with E-state index >= 15 is 0 Å². The highest BCUT2D eigenvalue weighted by Crippen LogP contribution is 2.29. The van der Waals surface area contributed by atoms with Crippen molar-refractivity contribution < 1.29 is 14.1 Å². The summed E-state index contributed by atoms with van der Waals surface area (Å²) in [5, 5.41) is 23.4. The van der Waals surface area contributed by atoms with Crippen LogP contribution < -0.4 is 5.32 Å². The number of thioether (sulfide) groups is 1. The third-order valence-corrected chi connectivity index (χ3v) is 7.11. The number of non-ortho nitro benzene ring substituents is 1. The molecule has 2 aromatic carbocycles. The molecule has 5 rings (SSSR count). The Morgan fingerprint density at radius 3 is 2.81 bits per heavy atom. The highest BCUT2D eigenvalue weighted by atomic mass is 32.2. The van der Waals surface area contributed by atoms with Gasteiger partial charge in [0.25, 0.3) is 5.69 Å². The summed E-state index contributed by atoms with van der Waals surface area (Å²) in [6.45, 7) is 2.00. The SMILES string of the molecule is Cc1cccc(-n2c(SCC(=O)Nc3ncc(Cc4cccc([N+](=O)[O-])c4)s3)nnc2-c2ccco2)c1. The van der Waals surface area contributed by atoms with Gasteiger partial charge in [0.05, 0.1) is 22.6 Å². The summed E-state index contributed by atoms with van der Waals surface area (Å²) in [6.07, 6.45) is 3.72. The maximum absolute atomic E-state index is 12.7. The average molecular weight is 533 g/mol. The largest absolute Gasteiger partial charge is 0.461 e. The number of carbonyl (C=O) groups is 1. The van der Waals surface area contributed by atoms with Crippen molar-refractivity contribution in [3.63, 3.8) is 0 Å². The first kappa shape index (κ1) is 24.4. The average Bonchev–Trinajstić information content (AvgIpc) is 3.64. The molecule has 1 amide bonds. The maximum Gasteiger partial charge on any atom is 0.269 e. The lowest BCUT2D eigenvalue weighted by atomic mass is 10.1. The van der Waals surface area contributed by atoms with E-state index < -0.39 is 4.92 Å². The van der Waals surface area contributed by atoms with Crippen LogP contribution in [-0.2, 0) is 11.2 Å². The topological polar surface area (TPSA) is 129 Å². The lowest BCUT2D eigenvalue weighted by molar-refractivity contribution is -0.384. The van der Waals surface area contributed by atoms with Crippen LogP contribution in [-0.4, -0.2) is 36.3 Å². The smallest absolute Gasteiger partial charge is 0.269 e. The number of nitro groups is 1. The van der Waals surface area contributed by atoms with Crippen molar-refractivity contribution in [1.82, 2.24) is 19.7 Å². The standard InChI is InChI=1S/C25H20N6O4S2/c1-16-5-2-7-18(11-16)30-23(21-9-4-10-35-21)28-29-25(30)36-15-22(32)27-24-26-14-20(37-24)13-17-6-3-8-19(12-17)31(33)34/h2-12,14H,13,15H2,1H3,(H,26,27,32). The number of hydrogen-bond donors (Lipinski definition) is 1. The van der Waals surface area contributed by atoms with Crippen LogP contribution in [0.1, 0.15) is 16.0 Å². The fourth-order valence-electron chi connectivity index (χ4n) is 3.64. The summed E-state index contributed by atoms with van der Waals surface area (Å²) in [6, 6.07) is 18.0. The van der Waals surface area contributed by atoms with E-state index in [1.54, 1.807) is 24.6 Å². The van der Waals surface area contributed by atoms with Crippen molar-refractivity contribution in [2.24, 2.45) is 0 Å². The third kappa shape index (κ3) is 5.76. The Morgan fingerprint density at radius 2 is 2.03 bits per heavy atom. The fraction of sp³-hybridized carbons (Fsp3) is 0.120. The molecule has 0 radical (unpaired) electrons. The molecule has 5 aromatic rings. The number of aromatic nitrogens is 4. The normalized spacial score (nSPS) is 10.9. The molecule has 0 fully saturated rings.